The molecule has 0 bridgehead atoms. The Morgan fingerprint density at radius 2 is 1.64 bits per heavy atom. The normalized spacial score (nSPS) is 21.5. The summed E-state index contributed by atoms with van der Waals surface area (Å²) in [6.45, 7) is 6.74. The molecule has 1 saturated carbocycles. The standard InChI is InChI=1S/C18H21ClO5S/c1-5-13(20)17-14(21)7-12(8-15(17)22)16-9(2)6-10(3)18(11(16)4)25(19,23)24/h6,12,17H,5,7-8H2,1-4H3. The van der Waals surface area contributed by atoms with Crippen LogP contribution in [0.4, 0.5) is 0 Å². The minimum Gasteiger partial charge on any atom is -0.298 e. The molecule has 25 heavy (non-hydrogen) atoms. The van der Waals surface area contributed by atoms with Crippen LogP contribution in [0.15, 0.2) is 11.0 Å². The quantitative estimate of drug-likeness (QED) is 0.588. The van der Waals surface area contributed by atoms with Crippen LogP contribution in [-0.2, 0) is 23.4 Å². The largest absolute Gasteiger partial charge is 0.298 e. The Labute approximate surface area is 152 Å². The highest BCUT2D eigenvalue weighted by atomic mass is 35.7. The minimum atomic E-state index is -3.95. The number of carbonyl (C=O) groups excluding carboxylic acids is 3. The third-order valence-electron chi connectivity index (χ3n) is 4.82. The van der Waals surface area contributed by atoms with Crippen LogP contribution in [0.5, 0.6) is 0 Å². The van der Waals surface area contributed by atoms with Crippen LogP contribution in [0, 0.1) is 26.7 Å². The molecule has 1 aliphatic carbocycles. The van der Waals surface area contributed by atoms with E-state index in [2.05, 4.69) is 0 Å². The Bertz CT molecular complexity index is 852. The van der Waals surface area contributed by atoms with Gasteiger partial charge in [-0.25, -0.2) is 8.42 Å². The summed E-state index contributed by atoms with van der Waals surface area (Å²) in [5, 5.41) is 0. The summed E-state index contributed by atoms with van der Waals surface area (Å²) in [6, 6.07) is 1.70. The van der Waals surface area contributed by atoms with E-state index in [1.165, 1.54) is 0 Å². The van der Waals surface area contributed by atoms with E-state index >= 15 is 0 Å². The lowest BCUT2D eigenvalue weighted by Crippen LogP contribution is -2.38. The molecule has 136 valence electrons. The van der Waals surface area contributed by atoms with Gasteiger partial charge in [-0.15, -0.1) is 0 Å². The molecule has 0 atom stereocenters. The molecule has 2 rings (SSSR count). The van der Waals surface area contributed by atoms with Crippen molar-refractivity contribution >= 4 is 37.1 Å². The third-order valence-corrected chi connectivity index (χ3v) is 6.40. The van der Waals surface area contributed by atoms with Crippen molar-refractivity contribution in [3.8, 4) is 0 Å². The number of benzene rings is 1. The van der Waals surface area contributed by atoms with Gasteiger partial charge in [-0.05, 0) is 48.9 Å². The second-order valence-corrected chi connectivity index (χ2v) is 9.11. The zero-order valence-corrected chi connectivity index (χ0v) is 16.3. The van der Waals surface area contributed by atoms with E-state index < -0.39 is 20.9 Å². The Morgan fingerprint density at radius 1 is 1.12 bits per heavy atom. The molecule has 0 radical (unpaired) electrons. The van der Waals surface area contributed by atoms with Crippen molar-refractivity contribution in [2.24, 2.45) is 5.92 Å². The van der Waals surface area contributed by atoms with Gasteiger partial charge in [0.05, 0.1) is 4.90 Å². The first kappa shape index (κ1) is 19.8. The maximum atomic E-state index is 12.4. The summed E-state index contributed by atoms with van der Waals surface area (Å²) in [4.78, 5) is 36.6. The molecule has 5 nitrogen and oxygen atoms in total. The van der Waals surface area contributed by atoms with Crippen LogP contribution in [0.2, 0.25) is 0 Å². The molecule has 0 heterocycles. The predicted octanol–water partition coefficient (Wildman–Crippen LogP) is 3.15. The topological polar surface area (TPSA) is 85.3 Å². The Balaban J connectivity index is 2.53. The first-order chi connectivity index (χ1) is 11.5. The predicted molar refractivity (Wildman–Crippen MR) is 94.5 cm³/mol. The lowest BCUT2D eigenvalue weighted by Gasteiger charge is -2.29. The van der Waals surface area contributed by atoms with Crippen LogP contribution in [0.1, 0.15) is 54.4 Å². The first-order valence-corrected chi connectivity index (χ1v) is 10.4. The number of rotatable bonds is 4. The van der Waals surface area contributed by atoms with Gasteiger partial charge >= 0.3 is 0 Å². The summed E-state index contributed by atoms with van der Waals surface area (Å²) >= 11 is 0. The van der Waals surface area contributed by atoms with E-state index in [0.29, 0.717) is 16.7 Å². The summed E-state index contributed by atoms with van der Waals surface area (Å²) in [6.07, 6.45) is 0.243. The van der Waals surface area contributed by atoms with E-state index in [4.69, 9.17) is 10.7 Å². The van der Waals surface area contributed by atoms with Gasteiger partial charge in [0.2, 0.25) is 0 Å². The van der Waals surface area contributed by atoms with E-state index in [-0.39, 0.29) is 41.5 Å². The average Bonchev–Trinajstić information content (AvgIpc) is 2.43. The molecule has 7 heteroatoms. The van der Waals surface area contributed by atoms with Gasteiger partial charge in [0.15, 0.2) is 17.3 Å². The number of hydrogen-bond donors (Lipinski definition) is 0. The molecule has 0 aromatic heterocycles. The minimum absolute atomic E-state index is 0.0291. The van der Waals surface area contributed by atoms with Crippen LogP contribution in [0.3, 0.4) is 0 Å². The summed E-state index contributed by atoms with van der Waals surface area (Å²) < 4.78 is 23.8. The number of halogens is 1. The fourth-order valence-corrected chi connectivity index (χ4v) is 5.56. The maximum Gasteiger partial charge on any atom is 0.261 e. The van der Waals surface area contributed by atoms with Gasteiger partial charge < -0.3 is 0 Å². The van der Waals surface area contributed by atoms with Crippen molar-refractivity contribution in [2.75, 3.05) is 0 Å². The van der Waals surface area contributed by atoms with Crippen LogP contribution in [0.25, 0.3) is 0 Å². The molecule has 0 saturated heterocycles. The molecule has 0 spiro atoms. The number of hydrogen-bond acceptors (Lipinski definition) is 5. The highest BCUT2D eigenvalue weighted by molar-refractivity contribution is 8.13. The molecule has 1 aromatic carbocycles. The fourth-order valence-electron chi connectivity index (χ4n) is 3.93. The second kappa shape index (κ2) is 7.00. The van der Waals surface area contributed by atoms with Crippen molar-refractivity contribution in [2.45, 2.75) is 57.8 Å². The van der Waals surface area contributed by atoms with Gasteiger partial charge in [0, 0.05) is 29.9 Å². The second-order valence-electron chi connectivity index (χ2n) is 6.61. The van der Waals surface area contributed by atoms with Crippen molar-refractivity contribution in [1.82, 2.24) is 0 Å². The average molecular weight is 385 g/mol. The maximum absolute atomic E-state index is 12.4. The zero-order chi connectivity index (χ0) is 19.1. The molecule has 1 aliphatic rings. The van der Waals surface area contributed by atoms with Gasteiger partial charge in [-0.1, -0.05) is 13.0 Å². The lowest BCUT2D eigenvalue weighted by molar-refractivity contribution is -0.142. The highest BCUT2D eigenvalue weighted by Gasteiger charge is 2.40. The molecule has 0 amide bonds. The number of carbonyl (C=O) groups is 3. The van der Waals surface area contributed by atoms with Gasteiger partial charge in [0.25, 0.3) is 9.05 Å². The molecule has 0 unspecified atom stereocenters. The Kier molecular flexibility index (Phi) is 5.54. The highest BCUT2D eigenvalue weighted by Crippen LogP contribution is 2.39. The fraction of sp³-hybridized carbons (Fsp3) is 0.500. The number of aryl methyl sites for hydroxylation is 2. The molecular formula is C18H21ClO5S. The van der Waals surface area contributed by atoms with Crippen LogP contribution < -0.4 is 0 Å². The molecule has 1 aromatic rings. The number of Topliss-reactive ketones (excluding diaryl/α,β-unsaturated/α-hetero) is 3. The Morgan fingerprint density at radius 3 is 2.08 bits per heavy atom. The first-order valence-electron chi connectivity index (χ1n) is 8.12. The van der Waals surface area contributed by atoms with E-state index in [1.54, 1.807) is 26.8 Å². The van der Waals surface area contributed by atoms with Gasteiger partial charge in [-0.3, -0.25) is 14.4 Å². The number of ketones is 3. The lowest BCUT2D eigenvalue weighted by atomic mass is 9.73. The molecule has 0 N–H and O–H groups in total. The van der Waals surface area contributed by atoms with Crippen LogP contribution in [-0.4, -0.2) is 25.8 Å². The van der Waals surface area contributed by atoms with Gasteiger partial charge in [-0.2, -0.15) is 0 Å². The smallest absolute Gasteiger partial charge is 0.261 e. The summed E-state index contributed by atoms with van der Waals surface area (Å²) in [5.41, 5.74) is 2.47. The monoisotopic (exact) mass is 384 g/mol. The molecule has 0 aliphatic heterocycles. The SMILES string of the molecule is CCC(=O)C1C(=O)CC(c2c(C)cc(C)c(S(=O)(=O)Cl)c2C)CC1=O. The van der Waals surface area contributed by atoms with Crippen molar-refractivity contribution in [1.29, 1.82) is 0 Å². The van der Waals surface area contributed by atoms with E-state index in [9.17, 15) is 22.8 Å². The molecular weight excluding hydrogens is 364 g/mol. The van der Waals surface area contributed by atoms with Crippen molar-refractivity contribution in [3.63, 3.8) is 0 Å². The summed E-state index contributed by atoms with van der Waals surface area (Å²) in [7, 11) is 1.62. The summed E-state index contributed by atoms with van der Waals surface area (Å²) in [5.74, 6) is -2.72. The van der Waals surface area contributed by atoms with Crippen molar-refractivity contribution in [3.05, 3.63) is 28.3 Å². The van der Waals surface area contributed by atoms with Crippen LogP contribution >= 0.6 is 10.7 Å². The third kappa shape index (κ3) is 3.70. The van der Waals surface area contributed by atoms with E-state index in [0.717, 1.165) is 5.56 Å². The molecule has 1 fully saturated rings. The van der Waals surface area contributed by atoms with E-state index in [1.807, 2.05) is 6.92 Å². The Hall–Kier alpha value is -1.53. The zero-order valence-electron chi connectivity index (χ0n) is 14.7. The van der Waals surface area contributed by atoms with Gasteiger partial charge in [0.1, 0.15) is 5.92 Å². The van der Waals surface area contributed by atoms with Crippen molar-refractivity contribution < 1.29 is 22.8 Å².